The monoisotopic (exact) mass is 371 g/mol. The predicted octanol–water partition coefficient (Wildman–Crippen LogP) is 3.50. The predicted molar refractivity (Wildman–Crippen MR) is 94.1 cm³/mol. The summed E-state index contributed by atoms with van der Waals surface area (Å²) >= 11 is 0. The molecule has 0 aliphatic heterocycles. The van der Waals surface area contributed by atoms with Crippen LogP contribution in [0.4, 0.5) is 20.4 Å². The summed E-state index contributed by atoms with van der Waals surface area (Å²) in [6.45, 7) is -0.893. The summed E-state index contributed by atoms with van der Waals surface area (Å²) in [6, 6.07) is 7.08. The molecule has 0 aliphatic rings. The normalized spacial score (nSPS) is 12.4. The maximum Gasteiger partial charge on any atom is 0.388 e. The van der Waals surface area contributed by atoms with E-state index in [-0.39, 0.29) is 11.9 Å². The second kappa shape index (κ2) is 6.98. The zero-order chi connectivity index (χ0) is 18.8. The molecule has 0 aromatic carbocycles. The molecule has 27 heavy (non-hydrogen) atoms. The van der Waals surface area contributed by atoms with E-state index in [1.807, 2.05) is 35.9 Å². The van der Waals surface area contributed by atoms with Crippen LogP contribution in [0.15, 0.2) is 49.1 Å². The molecule has 0 amide bonds. The molecule has 0 saturated heterocycles. The van der Waals surface area contributed by atoms with Crippen molar-refractivity contribution in [3.8, 4) is 5.88 Å². The largest absolute Gasteiger partial charge is 0.415 e. The minimum atomic E-state index is -2.94. The molecule has 4 heterocycles. The van der Waals surface area contributed by atoms with E-state index in [1.54, 1.807) is 18.6 Å². The summed E-state index contributed by atoms with van der Waals surface area (Å²) < 4.78 is 30.7. The van der Waals surface area contributed by atoms with Crippen molar-refractivity contribution in [3.05, 3.63) is 54.6 Å². The minimum Gasteiger partial charge on any atom is -0.415 e. The number of ether oxygens (including phenoxy) is 1. The van der Waals surface area contributed by atoms with E-state index in [4.69, 9.17) is 0 Å². The number of rotatable bonds is 6. The first kappa shape index (κ1) is 16.9. The van der Waals surface area contributed by atoms with Gasteiger partial charge in [0.15, 0.2) is 11.5 Å². The second-order valence-corrected chi connectivity index (χ2v) is 5.77. The summed E-state index contributed by atoms with van der Waals surface area (Å²) in [5, 5.41) is 9.15. The Kier molecular flexibility index (Phi) is 4.37. The number of alkyl halides is 2. The summed E-state index contributed by atoms with van der Waals surface area (Å²) in [6.07, 6.45) is 7.00. The van der Waals surface area contributed by atoms with Crippen LogP contribution in [0, 0.1) is 0 Å². The SMILES string of the molecule is CC(c1cccnc1)n1ccc2ncc(Nc3cc(OC(F)F)n[nH]3)nc21. The lowest BCUT2D eigenvalue weighted by Gasteiger charge is -2.15. The highest BCUT2D eigenvalue weighted by Crippen LogP contribution is 2.24. The van der Waals surface area contributed by atoms with Gasteiger partial charge in [-0.3, -0.25) is 10.1 Å². The smallest absolute Gasteiger partial charge is 0.388 e. The van der Waals surface area contributed by atoms with Crippen LogP contribution in [0.3, 0.4) is 0 Å². The Hall–Kier alpha value is -3.56. The first-order valence-electron chi connectivity index (χ1n) is 8.11. The highest BCUT2D eigenvalue weighted by Gasteiger charge is 2.14. The minimum absolute atomic E-state index is 0.0129. The summed E-state index contributed by atoms with van der Waals surface area (Å²) in [7, 11) is 0. The molecule has 0 spiro atoms. The van der Waals surface area contributed by atoms with Crippen LogP contribution < -0.4 is 10.1 Å². The van der Waals surface area contributed by atoms with Crippen molar-refractivity contribution in [1.82, 2.24) is 29.7 Å². The van der Waals surface area contributed by atoms with Crippen molar-refractivity contribution in [2.45, 2.75) is 19.6 Å². The number of hydrogen-bond acceptors (Lipinski definition) is 6. The average Bonchev–Trinajstić information content (AvgIpc) is 3.28. The maximum absolute atomic E-state index is 12.2. The van der Waals surface area contributed by atoms with E-state index in [9.17, 15) is 8.78 Å². The van der Waals surface area contributed by atoms with Gasteiger partial charge in [-0.2, -0.15) is 8.78 Å². The topological polar surface area (TPSA) is 93.5 Å². The third-order valence-electron chi connectivity index (χ3n) is 4.03. The van der Waals surface area contributed by atoms with Gasteiger partial charge in [-0.15, -0.1) is 5.10 Å². The van der Waals surface area contributed by atoms with Crippen molar-refractivity contribution in [2.75, 3.05) is 5.32 Å². The Balaban J connectivity index is 1.61. The Morgan fingerprint density at radius 3 is 2.93 bits per heavy atom. The van der Waals surface area contributed by atoms with E-state index >= 15 is 0 Å². The maximum atomic E-state index is 12.2. The van der Waals surface area contributed by atoms with Crippen molar-refractivity contribution in [3.63, 3.8) is 0 Å². The number of nitrogens with zero attached hydrogens (tertiary/aromatic N) is 5. The van der Waals surface area contributed by atoms with Gasteiger partial charge < -0.3 is 14.6 Å². The molecule has 10 heteroatoms. The Bertz CT molecular complexity index is 1050. The first-order valence-corrected chi connectivity index (χ1v) is 8.11. The van der Waals surface area contributed by atoms with E-state index in [1.165, 1.54) is 6.07 Å². The number of halogens is 2. The standard InChI is InChI=1S/C17H15F2N7O/c1-10(11-3-2-5-20-8-11)26-6-4-12-16(26)23-14(9-21-12)22-13-7-15(25-24-13)27-17(18)19/h2-10,17H,1H3,(H2,22,23,24,25). The van der Waals surface area contributed by atoms with Crippen molar-refractivity contribution in [1.29, 1.82) is 0 Å². The van der Waals surface area contributed by atoms with Gasteiger partial charge in [0, 0.05) is 24.7 Å². The van der Waals surface area contributed by atoms with E-state index < -0.39 is 6.61 Å². The molecular weight excluding hydrogens is 356 g/mol. The molecule has 138 valence electrons. The van der Waals surface area contributed by atoms with Crippen LogP contribution in [-0.4, -0.2) is 36.3 Å². The van der Waals surface area contributed by atoms with Crippen LogP contribution >= 0.6 is 0 Å². The highest BCUT2D eigenvalue weighted by atomic mass is 19.3. The van der Waals surface area contributed by atoms with Gasteiger partial charge in [-0.1, -0.05) is 6.07 Å². The quantitative estimate of drug-likeness (QED) is 0.539. The van der Waals surface area contributed by atoms with Gasteiger partial charge in [0.05, 0.1) is 12.2 Å². The number of anilines is 2. The molecule has 0 radical (unpaired) electrons. The third kappa shape index (κ3) is 3.54. The third-order valence-corrected chi connectivity index (χ3v) is 4.03. The molecule has 2 N–H and O–H groups in total. The van der Waals surface area contributed by atoms with Crippen molar-refractivity contribution in [2.24, 2.45) is 0 Å². The second-order valence-electron chi connectivity index (χ2n) is 5.77. The number of aromatic nitrogens is 6. The van der Waals surface area contributed by atoms with Crippen LogP contribution in [0.2, 0.25) is 0 Å². The Labute approximate surface area is 152 Å². The van der Waals surface area contributed by atoms with Crippen molar-refractivity contribution < 1.29 is 13.5 Å². The number of H-pyrrole nitrogens is 1. The number of pyridine rings is 1. The van der Waals surface area contributed by atoms with Crippen molar-refractivity contribution >= 4 is 22.8 Å². The summed E-state index contributed by atoms with van der Waals surface area (Å²) in [5.41, 5.74) is 2.46. The number of aromatic amines is 1. The fourth-order valence-electron chi connectivity index (χ4n) is 2.73. The summed E-state index contributed by atoms with van der Waals surface area (Å²) in [4.78, 5) is 13.1. The molecule has 4 rings (SSSR count). The highest BCUT2D eigenvalue weighted by molar-refractivity contribution is 5.74. The number of fused-ring (bicyclic) bond motifs is 1. The molecule has 1 atom stereocenters. The van der Waals surface area contributed by atoms with Gasteiger partial charge >= 0.3 is 6.61 Å². The van der Waals surface area contributed by atoms with E-state index in [2.05, 4.69) is 35.2 Å². The van der Waals surface area contributed by atoms with E-state index in [0.717, 1.165) is 11.1 Å². The van der Waals surface area contributed by atoms with Gasteiger partial charge in [-0.25, -0.2) is 9.97 Å². The lowest BCUT2D eigenvalue weighted by atomic mass is 10.1. The number of nitrogens with one attached hydrogen (secondary N) is 2. The Morgan fingerprint density at radius 1 is 1.26 bits per heavy atom. The van der Waals surface area contributed by atoms with E-state index in [0.29, 0.717) is 17.3 Å². The molecule has 0 saturated carbocycles. The van der Waals surface area contributed by atoms with Gasteiger partial charge in [-0.05, 0) is 24.6 Å². The van der Waals surface area contributed by atoms with Gasteiger partial charge in [0.1, 0.15) is 11.3 Å². The lowest BCUT2D eigenvalue weighted by Crippen LogP contribution is -2.07. The van der Waals surface area contributed by atoms with Crippen LogP contribution in [0.5, 0.6) is 5.88 Å². The van der Waals surface area contributed by atoms with Gasteiger partial charge in [0.2, 0.25) is 5.88 Å². The number of hydrogen-bond donors (Lipinski definition) is 2. The molecule has 0 aliphatic carbocycles. The van der Waals surface area contributed by atoms with Crippen LogP contribution in [0.25, 0.3) is 11.2 Å². The average molecular weight is 371 g/mol. The van der Waals surface area contributed by atoms with Crippen LogP contribution in [-0.2, 0) is 0 Å². The van der Waals surface area contributed by atoms with Gasteiger partial charge in [0.25, 0.3) is 0 Å². The fourth-order valence-corrected chi connectivity index (χ4v) is 2.73. The zero-order valence-electron chi connectivity index (χ0n) is 14.2. The lowest BCUT2D eigenvalue weighted by molar-refractivity contribution is -0.0528. The first-order chi connectivity index (χ1) is 13.1. The molecule has 4 aromatic heterocycles. The summed E-state index contributed by atoms with van der Waals surface area (Å²) in [5.74, 6) is 0.584. The fraction of sp³-hybridized carbons (Fsp3) is 0.176. The molecule has 4 aromatic rings. The zero-order valence-corrected chi connectivity index (χ0v) is 14.2. The molecular formula is C17H15F2N7O. The molecule has 1 unspecified atom stereocenters. The van der Waals surface area contributed by atoms with Crippen LogP contribution in [0.1, 0.15) is 18.5 Å². The molecule has 0 fully saturated rings. The Morgan fingerprint density at radius 2 is 2.15 bits per heavy atom. The molecule has 8 nitrogen and oxygen atoms in total. The molecule has 0 bridgehead atoms.